The molecule has 0 unspecified atom stereocenters. The van der Waals surface area contributed by atoms with Gasteiger partial charge in [-0.15, -0.1) is 11.8 Å². The van der Waals surface area contributed by atoms with Gasteiger partial charge in [-0.05, 0) is 86.7 Å². The van der Waals surface area contributed by atoms with Gasteiger partial charge < -0.3 is 14.7 Å². The molecule has 1 atom stereocenters. The first-order valence-electron chi connectivity index (χ1n) is 12.4. The summed E-state index contributed by atoms with van der Waals surface area (Å²) in [6.07, 6.45) is 2.35. The van der Waals surface area contributed by atoms with Gasteiger partial charge in [-0.1, -0.05) is 23.2 Å². The molecular weight excluding hydrogens is 534 g/mol. The monoisotopic (exact) mass is 564 g/mol. The molecular formula is C28H31Cl2FN2O3S. The van der Waals surface area contributed by atoms with E-state index in [2.05, 4.69) is 9.88 Å². The number of pyridine rings is 1. The highest BCUT2D eigenvalue weighted by atomic mass is 35.5. The Kier molecular flexibility index (Phi) is 9.57. The molecule has 0 spiro atoms. The van der Waals surface area contributed by atoms with Gasteiger partial charge in [-0.3, -0.25) is 9.78 Å². The number of nitrogens with zero attached hydrogens (tertiary/aromatic N) is 2. The number of alkyl halides is 1. The lowest BCUT2D eigenvalue weighted by Crippen LogP contribution is -2.42. The van der Waals surface area contributed by atoms with Crippen LogP contribution in [-0.2, 0) is 4.79 Å². The van der Waals surface area contributed by atoms with E-state index in [1.807, 2.05) is 24.3 Å². The van der Waals surface area contributed by atoms with Crippen LogP contribution in [0.2, 0.25) is 10.0 Å². The van der Waals surface area contributed by atoms with Crippen LogP contribution in [0, 0.1) is 5.41 Å². The summed E-state index contributed by atoms with van der Waals surface area (Å²) >= 11 is 14.1. The van der Waals surface area contributed by atoms with Gasteiger partial charge >= 0.3 is 5.97 Å². The summed E-state index contributed by atoms with van der Waals surface area (Å²) in [4.78, 5) is 19.6. The number of ether oxygens (including phenoxy) is 1. The molecule has 0 bridgehead atoms. The zero-order valence-electron chi connectivity index (χ0n) is 20.8. The van der Waals surface area contributed by atoms with Crippen molar-refractivity contribution in [2.45, 2.75) is 43.2 Å². The van der Waals surface area contributed by atoms with Crippen molar-refractivity contribution < 1.29 is 19.0 Å². The molecule has 9 heteroatoms. The van der Waals surface area contributed by atoms with Crippen LogP contribution in [0.5, 0.6) is 5.75 Å². The molecule has 2 heterocycles. The predicted octanol–water partition coefficient (Wildman–Crippen LogP) is 7.69. The molecule has 0 radical (unpaired) electrons. The van der Waals surface area contributed by atoms with Gasteiger partial charge in [0.05, 0.1) is 24.1 Å². The highest BCUT2D eigenvalue weighted by molar-refractivity contribution is 7.99. The molecule has 1 aromatic heterocycles. The maximum absolute atomic E-state index is 15.7. The lowest BCUT2D eigenvalue weighted by atomic mass is 9.71. The van der Waals surface area contributed by atoms with Crippen molar-refractivity contribution >= 4 is 51.8 Å². The fourth-order valence-corrected chi connectivity index (χ4v) is 6.41. The number of benzene rings is 2. The second-order valence-corrected chi connectivity index (χ2v) is 11.6. The van der Waals surface area contributed by atoms with Gasteiger partial charge in [0.2, 0.25) is 0 Å². The lowest BCUT2D eigenvalue weighted by molar-refractivity contribution is -0.141. The number of piperidine rings is 1. The number of aliphatic carboxylic acids is 1. The third kappa shape index (κ3) is 7.29. The van der Waals surface area contributed by atoms with Crippen LogP contribution in [0.3, 0.4) is 0 Å². The molecule has 1 aliphatic rings. The van der Waals surface area contributed by atoms with Gasteiger partial charge in [0.1, 0.15) is 11.9 Å². The van der Waals surface area contributed by atoms with E-state index in [9.17, 15) is 9.90 Å². The van der Waals surface area contributed by atoms with Gasteiger partial charge in [0.25, 0.3) is 0 Å². The Hall–Kier alpha value is -2.06. The van der Waals surface area contributed by atoms with Crippen molar-refractivity contribution in [3.05, 3.63) is 64.3 Å². The Labute approximate surface area is 231 Å². The summed E-state index contributed by atoms with van der Waals surface area (Å²) < 4.78 is 21.0. The molecule has 5 nitrogen and oxygen atoms in total. The molecule has 37 heavy (non-hydrogen) atoms. The summed E-state index contributed by atoms with van der Waals surface area (Å²) in [6, 6.07) is 13.1. The zero-order chi connectivity index (χ0) is 26.4. The standard InChI is InChI=1S/C28H31Cl2FN2O3S/c1-36-20-4-7-25-22(16-20)27(23(30)18-32-25)24(31)8-9-28(17-26(34)35)10-12-33(13-11-28)14-15-37-21-5-2-19(29)3-6-21/h2-7,16,18,24H,8-15,17H2,1H3,(H,34,35)/t24-/m0/s1. The number of methoxy groups -OCH3 is 1. The van der Waals surface area contributed by atoms with E-state index in [1.165, 1.54) is 11.1 Å². The van der Waals surface area contributed by atoms with Gasteiger partial charge in [0.15, 0.2) is 0 Å². The summed E-state index contributed by atoms with van der Waals surface area (Å²) in [5, 5.41) is 11.3. The molecule has 0 aliphatic carbocycles. The maximum Gasteiger partial charge on any atom is 0.303 e. The molecule has 1 N–H and O–H groups in total. The van der Waals surface area contributed by atoms with Crippen molar-refractivity contribution in [3.63, 3.8) is 0 Å². The molecule has 2 aromatic carbocycles. The number of fused-ring (bicyclic) bond motifs is 1. The predicted molar refractivity (Wildman–Crippen MR) is 149 cm³/mol. The van der Waals surface area contributed by atoms with Gasteiger partial charge in [-0.25, -0.2) is 4.39 Å². The van der Waals surface area contributed by atoms with E-state index in [1.54, 1.807) is 37.1 Å². The Morgan fingerprint density at radius 2 is 1.95 bits per heavy atom. The zero-order valence-corrected chi connectivity index (χ0v) is 23.1. The van der Waals surface area contributed by atoms with E-state index >= 15 is 4.39 Å². The molecule has 0 saturated carbocycles. The summed E-state index contributed by atoms with van der Waals surface area (Å²) in [5.74, 6) is 0.713. The smallest absolute Gasteiger partial charge is 0.303 e. The number of hydrogen-bond acceptors (Lipinski definition) is 5. The van der Waals surface area contributed by atoms with Gasteiger partial charge in [0, 0.05) is 39.4 Å². The first-order valence-corrected chi connectivity index (χ1v) is 14.1. The molecule has 198 valence electrons. The Morgan fingerprint density at radius 3 is 2.62 bits per heavy atom. The highest BCUT2D eigenvalue weighted by Gasteiger charge is 2.37. The van der Waals surface area contributed by atoms with Crippen LogP contribution >= 0.6 is 35.0 Å². The van der Waals surface area contributed by atoms with Gasteiger partial charge in [-0.2, -0.15) is 0 Å². The number of aromatic nitrogens is 1. The average molecular weight is 566 g/mol. The fourth-order valence-electron chi connectivity index (χ4n) is 5.10. The molecule has 3 aromatic rings. The van der Waals surface area contributed by atoms with Crippen LogP contribution in [0.15, 0.2) is 53.6 Å². The minimum Gasteiger partial charge on any atom is -0.497 e. The quantitative estimate of drug-likeness (QED) is 0.241. The normalized spacial score (nSPS) is 16.5. The minimum absolute atomic E-state index is 0.0474. The number of thioether (sulfide) groups is 1. The van der Waals surface area contributed by atoms with E-state index in [-0.39, 0.29) is 17.9 Å². The summed E-state index contributed by atoms with van der Waals surface area (Å²) in [5.41, 5.74) is 0.615. The van der Waals surface area contributed by atoms with E-state index in [0.717, 1.165) is 43.3 Å². The summed E-state index contributed by atoms with van der Waals surface area (Å²) in [6.45, 7) is 2.53. The number of hydrogen-bond donors (Lipinski definition) is 1. The molecule has 1 saturated heterocycles. The number of halogens is 3. The summed E-state index contributed by atoms with van der Waals surface area (Å²) in [7, 11) is 1.56. The Balaban J connectivity index is 1.38. The number of carboxylic acids is 1. The molecule has 0 amide bonds. The topological polar surface area (TPSA) is 62.7 Å². The second-order valence-electron chi connectivity index (χ2n) is 9.62. The SMILES string of the molecule is COc1ccc2ncc(Cl)c([C@@H](F)CCC3(CC(=O)O)CCN(CCSc4ccc(Cl)cc4)CC3)c2c1. The second kappa shape index (κ2) is 12.7. The van der Waals surface area contributed by atoms with E-state index < -0.39 is 17.6 Å². The number of rotatable bonds is 11. The van der Waals surface area contributed by atoms with Crippen LogP contribution in [0.4, 0.5) is 4.39 Å². The molecule has 4 rings (SSSR count). The first kappa shape index (κ1) is 28.0. The van der Waals surface area contributed by atoms with Crippen LogP contribution in [0.25, 0.3) is 10.9 Å². The van der Waals surface area contributed by atoms with Crippen LogP contribution in [0.1, 0.15) is 43.8 Å². The van der Waals surface area contributed by atoms with E-state index in [4.69, 9.17) is 27.9 Å². The first-order chi connectivity index (χ1) is 17.8. The fraction of sp³-hybridized carbons (Fsp3) is 0.429. The van der Waals surface area contributed by atoms with Crippen molar-refractivity contribution in [2.24, 2.45) is 5.41 Å². The third-order valence-electron chi connectivity index (χ3n) is 7.24. The van der Waals surface area contributed by atoms with Crippen LogP contribution in [-0.4, -0.2) is 53.5 Å². The van der Waals surface area contributed by atoms with Crippen LogP contribution < -0.4 is 4.74 Å². The molecule has 1 fully saturated rings. The number of carboxylic acid groups (broad SMARTS) is 1. The van der Waals surface area contributed by atoms with Crippen molar-refractivity contribution in [1.29, 1.82) is 0 Å². The average Bonchev–Trinajstić information content (AvgIpc) is 2.89. The number of carbonyl (C=O) groups is 1. The third-order valence-corrected chi connectivity index (χ3v) is 8.79. The highest BCUT2D eigenvalue weighted by Crippen LogP contribution is 2.44. The van der Waals surface area contributed by atoms with Crippen molar-refractivity contribution in [1.82, 2.24) is 9.88 Å². The Morgan fingerprint density at radius 1 is 1.22 bits per heavy atom. The van der Waals surface area contributed by atoms with Crippen molar-refractivity contribution in [3.8, 4) is 5.75 Å². The maximum atomic E-state index is 15.7. The minimum atomic E-state index is -1.33. The van der Waals surface area contributed by atoms with E-state index in [0.29, 0.717) is 28.6 Å². The number of likely N-dealkylation sites (tertiary alicyclic amines) is 1. The van der Waals surface area contributed by atoms with Crippen molar-refractivity contribution in [2.75, 3.05) is 32.5 Å². The Bertz CT molecular complexity index is 1220. The molecule has 1 aliphatic heterocycles. The largest absolute Gasteiger partial charge is 0.497 e. The lowest BCUT2D eigenvalue weighted by Gasteiger charge is -2.41.